The van der Waals surface area contributed by atoms with Gasteiger partial charge in [0, 0.05) is 32.7 Å². The maximum Gasteiger partial charge on any atom is 0.217 e. The molecule has 6 heteroatoms. The van der Waals surface area contributed by atoms with Crippen molar-refractivity contribution in [3.05, 3.63) is 0 Å². The summed E-state index contributed by atoms with van der Waals surface area (Å²) in [5.74, 6) is 0.552. The van der Waals surface area contributed by atoms with Crippen LogP contribution in [0, 0.1) is 5.92 Å². The molecule has 0 spiro atoms. The maximum absolute atomic E-state index is 11.9. The van der Waals surface area contributed by atoms with Gasteiger partial charge in [0.15, 0.2) is 0 Å². The summed E-state index contributed by atoms with van der Waals surface area (Å²) in [6, 6.07) is 0. The smallest absolute Gasteiger partial charge is 0.217 e. The zero-order valence-electron chi connectivity index (χ0n) is 9.86. The molecular weight excluding hydrogens is 250 g/mol. The van der Waals surface area contributed by atoms with Crippen LogP contribution in [-0.4, -0.2) is 50.7 Å². The van der Waals surface area contributed by atoms with Crippen LogP contribution in [0.5, 0.6) is 0 Å². The Morgan fingerprint density at radius 3 is 2.50 bits per heavy atom. The minimum absolute atomic E-state index is 0.139. The van der Waals surface area contributed by atoms with Gasteiger partial charge in [0.05, 0.1) is 5.25 Å². The van der Waals surface area contributed by atoms with Gasteiger partial charge in [-0.1, -0.05) is 0 Å². The van der Waals surface area contributed by atoms with Gasteiger partial charge in [-0.2, -0.15) is 0 Å². The highest BCUT2D eigenvalue weighted by Crippen LogP contribution is 2.18. The second-order valence-electron chi connectivity index (χ2n) is 4.35. The highest BCUT2D eigenvalue weighted by molar-refractivity contribution is 7.89. The van der Waals surface area contributed by atoms with Gasteiger partial charge in [0.1, 0.15) is 0 Å². The summed E-state index contributed by atoms with van der Waals surface area (Å²) in [5.41, 5.74) is 0. The Kier molecular flexibility index (Phi) is 5.50. The molecule has 0 aromatic heterocycles. The maximum atomic E-state index is 11.9. The molecule has 16 heavy (non-hydrogen) atoms. The van der Waals surface area contributed by atoms with Gasteiger partial charge in [-0.25, -0.2) is 12.7 Å². The van der Waals surface area contributed by atoms with E-state index in [2.05, 4.69) is 0 Å². The molecule has 1 heterocycles. The molecule has 0 N–H and O–H groups in total. The molecular formula is C10H20ClNO3S. The number of rotatable bonds is 5. The first-order valence-corrected chi connectivity index (χ1v) is 7.61. The van der Waals surface area contributed by atoms with Crippen molar-refractivity contribution in [3.63, 3.8) is 0 Å². The molecule has 1 unspecified atom stereocenters. The summed E-state index contributed by atoms with van der Waals surface area (Å²) in [6.45, 7) is 3.70. The lowest BCUT2D eigenvalue weighted by Crippen LogP contribution is -2.39. The van der Waals surface area contributed by atoms with Crippen LogP contribution >= 0.6 is 11.6 Å². The molecule has 96 valence electrons. The van der Waals surface area contributed by atoms with Crippen LogP contribution in [0.15, 0.2) is 0 Å². The summed E-state index contributed by atoms with van der Waals surface area (Å²) in [6.07, 6.45) is 1.88. The first kappa shape index (κ1) is 14.2. The van der Waals surface area contributed by atoms with Gasteiger partial charge in [-0.15, -0.1) is 11.6 Å². The molecule has 1 aliphatic heterocycles. The van der Waals surface area contributed by atoms with Crippen LogP contribution in [0.2, 0.25) is 0 Å². The number of sulfonamides is 1. The lowest BCUT2D eigenvalue weighted by Gasteiger charge is -2.28. The molecule has 1 atom stereocenters. The van der Waals surface area contributed by atoms with E-state index in [1.807, 2.05) is 0 Å². The molecule has 1 saturated heterocycles. The Labute approximate surface area is 103 Å². The number of halogens is 1. The van der Waals surface area contributed by atoms with Gasteiger partial charge in [-0.3, -0.25) is 0 Å². The second-order valence-corrected chi connectivity index (χ2v) is 7.11. The van der Waals surface area contributed by atoms with Crippen molar-refractivity contribution in [2.75, 3.05) is 32.7 Å². The van der Waals surface area contributed by atoms with Crippen LogP contribution in [0.3, 0.4) is 0 Å². The lowest BCUT2D eigenvalue weighted by atomic mass is 10.0. The van der Waals surface area contributed by atoms with Crippen LogP contribution in [0.1, 0.15) is 19.8 Å². The quantitative estimate of drug-likeness (QED) is 0.707. The van der Waals surface area contributed by atoms with E-state index in [9.17, 15) is 8.42 Å². The number of hydrogen-bond donors (Lipinski definition) is 0. The third-order valence-electron chi connectivity index (χ3n) is 3.02. The van der Waals surface area contributed by atoms with Crippen molar-refractivity contribution in [2.24, 2.45) is 5.92 Å². The SMILES string of the molecule is CC(CCl)S(=O)(=O)N(C)CC1CCOCC1. The fraction of sp³-hybridized carbons (Fsp3) is 1.00. The highest BCUT2D eigenvalue weighted by Gasteiger charge is 2.27. The molecule has 1 rings (SSSR count). The Balaban J connectivity index is 2.53. The number of ether oxygens (including phenoxy) is 1. The predicted octanol–water partition coefficient (Wildman–Crippen LogP) is 1.30. The topological polar surface area (TPSA) is 46.6 Å². The Bertz CT molecular complexity index is 301. The molecule has 1 aliphatic rings. The van der Waals surface area contributed by atoms with Gasteiger partial charge >= 0.3 is 0 Å². The average molecular weight is 270 g/mol. The van der Waals surface area contributed by atoms with E-state index in [1.54, 1.807) is 14.0 Å². The number of hydrogen-bond acceptors (Lipinski definition) is 3. The van der Waals surface area contributed by atoms with Crippen molar-refractivity contribution in [1.82, 2.24) is 4.31 Å². The Morgan fingerprint density at radius 1 is 1.44 bits per heavy atom. The fourth-order valence-corrected chi connectivity index (χ4v) is 3.45. The summed E-state index contributed by atoms with van der Waals surface area (Å²) in [5, 5.41) is -0.515. The monoisotopic (exact) mass is 269 g/mol. The number of nitrogens with zero attached hydrogens (tertiary/aromatic N) is 1. The van der Waals surface area contributed by atoms with Crippen LogP contribution in [-0.2, 0) is 14.8 Å². The van der Waals surface area contributed by atoms with Gasteiger partial charge in [0.2, 0.25) is 10.0 Å². The van der Waals surface area contributed by atoms with E-state index in [-0.39, 0.29) is 5.88 Å². The lowest BCUT2D eigenvalue weighted by molar-refractivity contribution is 0.0619. The number of alkyl halides is 1. The largest absolute Gasteiger partial charge is 0.381 e. The minimum Gasteiger partial charge on any atom is -0.381 e. The summed E-state index contributed by atoms with van der Waals surface area (Å²) in [4.78, 5) is 0. The van der Waals surface area contributed by atoms with Crippen molar-refractivity contribution in [1.29, 1.82) is 0 Å². The highest BCUT2D eigenvalue weighted by atomic mass is 35.5. The zero-order valence-corrected chi connectivity index (χ0v) is 11.4. The van der Waals surface area contributed by atoms with Crippen LogP contribution in [0.4, 0.5) is 0 Å². The van der Waals surface area contributed by atoms with Crippen LogP contribution in [0.25, 0.3) is 0 Å². The standard InChI is InChI=1S/C10H20ClNO3S/c1-9(7-11)16(13,14)12(2)8-10-3-5-15-6-4-10/h9-10H,3-8H2,1-2H3. The van der Waals surface area contributed by atoms with E-state index in [4.69, 9.17) is 16.3 Å². The van der Waals surface area contributed by atoms with Crippen molar-refractivity contribution >= 4 is 21.6 Å². The molecule has 0 aliphatic carbocycles. The summed E-state index contributed by atoms with van der Waals surface area (Å²) < 4.78 is 30.6. The predicted molar refractivity (Wildman–Crippen MR) is 65.3 cm³/mol. The zero-order chi connectivity index (χ0) is 12.2. The second kappa shape index (κ2) is 6.19. The minimum atomic E-state index is -3.23. The third-order valence-corrected chi connectivity index (χ3v) is 5.86. The average Bonchev–Trinajstić information content (AvgIpc) is 2.29. The van der Waals surface area contributed by atoms with E-state index >= 15 is 0 Å². The molecule has 1 fully saturated rings. The first-order valence-electron chi connectivity index (χ1n) is 5.57. The molecule has 0 saturated carbocycles. The van der Waals surface area contributed by atoms with E-state index in [0.717, 1.165) is 26.1 Å². The Hall–Kier alpha value is 0.160. The van der Waals surface area contributed by atoms with Gasteiger partial charge in [-0.05, 0) is 25.7 Å². The third kappa shape index (κ3) is 3.58. The molecule has 0 amide bonds. The van der Waals surface area contributed by atoms with E-state index in [0.29, 0.717) is 12.5 Å². The van der Waals surface area contributed by atoms with Gasteiger partial charge in [0.25, 0.3) is 0 Å². The fourth-order valence-electron chi connectivity index (χ4n) is 1.78. The molecule has 0 aromatic carbocycles. The Morgan fingerprint density at radius 2 is 2.00 bits per heavy atom. The molecule has 0 radical (unpaired) electrons. The normalized spacial score (nSPS) is 21.2. The van der Waals surface area contributed by atoms with E-state index < -0.39 is 15.3 Å². The van der Waals surface area contributed by atoms with Crippen molar-refractivity contribution in [2.45, 2.75) is 25.0 Å². The summed E-state index contributed by atoms with van der Waals surface area (Å²) >= 11 is 5.60. The van der Waals surface area contributed by atoms with Crippen LogP contribution < -0.4 is 0 Å². The van der Waals surface area contributed by atoms with E-state index in [1.165, 1.54) is 4.31 Å². The molecule has 0 aromatic rings. The summed E-state index contributed by atoms with van der Waals surface area (Å²) in [7, 11) is -1.60. The van der Waals surface area contributed by atoms with Gasteiger partial charge < -0.3 is 4.74 Å². The van der Waals surface area contributed by atoms with Crippen molar-refractivity contribution < 1.29 is 13.2 Å². The molecule has 0 bridgehead atoms. The first-order chi connectivity index (χ1) is 7.48. The molecule has 4 nitrogen and oxygen atoms in total. The van der Waals surface area contributed by atoms with Crippen molar-refractivity contribution in [3.8, 4) is 0 Å².